The molecule has 0 spiro atoms. The molecule has 2 aliphatic rings. The van der Waals surface area contributed by atoms with E-state index in [4.69, 9.17) is 21.3 Å². The minimum atomic E-state index is -0.495. The smallest absolute Gasteiger partial charge is 0.410 e. The lowest BCUT2D eigenvalue weighted by Crippen LogP contribution is -2.50. The van der Waals surface area contributed by atoms with Crippen LogP contribution >= 0.6 is 22.9 Å². The van der Waals surface area contributed by atoms with E-state index in [2.05, 4.69) is 38.8 Å². The molecule has 0 aliphatic carbocycles. The van der Waals surface area contributed by atoms with Gasteiger partial charge in [0.15, 0.2) is 5.82 Å². The fourth-order valence-electron chi connectivity index (χ4n) is 5.39. The molecule has 2 amide bonds. The number of hydrogen-bond donors (Lipinski definition) is 1. The normalized spacial score (nSPS) is 17.1. The van der Waals surface area contributed by atoms with Crippen molar-refractivity contribution in [1.29, 1.82) is 0 Å². The van der Waals surface area contributed by atoms with Gasteiger partial charge in [-0.25, -0.2) is 4.79 Å². The van der Waals surface area contributed by atoms with Crippen LogP contribution in [0.3, 0.4) is 0 Å². The van der Waals surface area contributed by atoms with E-state index in [0.29, 0.717) is 30.5 Å². The van der Waals surface area contributed by atoms with Gasteiger partial charge in [0.25, 0.3) is 0 Å². The molecule has 1 fully saturated rings. The Morgan fingerprint density at radius 1 is 1.07 bits per heavy atom. The van der Waals surface area contributed by atoms with Gasteiger partial charge in [-0.2, -0.15) is 0 Å². The number of piperazine rings is 1. The van der Waals surface area contributed by atoms with Gasteiger partial charge in [-0.3, -0.25) is 19.3 Å². The van der Waals surface area contributed by atoms with E-state index in [1.807, 2.05) is 52.0 Å². The minimum Gasteiger partial charge on any atom is -0.444 e. The first-order chi connectivity index (χ1) is 20.4. The fraction of sp³-hybridized carbons (Fsp3) is 0.516. The average Bonchev–Trinajstić information content (AvgIpc) is 3.43. The predicted molar refractivity (Wildman–Crippen MR) is 170 cm³/mol. The molecule has 0 bridgehead atoms. The van der Waals surface area contributed by atoms with Crippen molar-refractivity contribution in [3.05, 3.63) is 62.5 Å². The maximum Gasteiger partial charge on any atom is 0.410 e. The van der Waals surface area contributed by atoms with E-state index < -0.39 is 11.6 Å². The number of aliphatic imine (C=N–C) groups is 1. The molecule has 43 heavy (non-hydrogen) atoms. The van der Waals surface area contributed by atoms with Crippen LogP contribution in [0.25, 0.3) is 5.00 Å². The van der Waals surface area contributed by atoms with Crippen molar-refractivity contribution in [1.82, 2.24) is 29.9 Å². The molecule has 1 aromatic carbocycles. The van der Waals surface area contributed by atoms with Gasteiger partial charge in [-0.05, 0) is 72.2 Å². The van der Waals surface area contributed by atoms with Crippen molar-refractivity contribution < 1.29 is 14.3 Å². The quantitative estimate of drug-likeness (QED) is 0.360. The summed E-state index contributed by atoms with van der Waals surface area (Å²) in [4.78, 5) is 36.0. The Hall–Kier alpha value is -3.28. The number of halogens is 1. The van der Waals surface area contributed by atoms with Gasteiger partial charge in [0.05, 0.1) is 12.1 Å². The van der Waals surface area contributed by atoms with Gasteiger partial charge in [-0.1, -0.05) is 23.7 Å². The number of thiophene rings is 1. The summed E-state index contributed by atoms with van der Waals surface area (Å²) >= 11 is 7.90. The molecule has 2 aliphatic heterocycles. The van der Waals surface area contributed by atoms with E-state index in [-0.39, 0.29) is 18.4 Å². The Balaban J connectivity index is 1.23. The third-order valence-electron chi connectivity index (χ3n) is 7.73. The summed E-state index contributed by atoms with van der Waals surface area (Å²) in [5.41, 5.74) is 3.49. The first-order valence-corrected chi connectivity index (χ1v) is 15.9. The highest BCUT2D eigenvalue weighted by molar-refractivity contribution is 7.15. The number of carbonyl (C=O) groups is 2. The summed E-state index contributed by atoms with van der Waals surface area (Å²) in [6.45, 7) is 16.0. The fourth-order valence-corrected chi connectivity index (χ4v) is 6.73. The third kappa shape index (κ3) is 7.11. The molecule has 12 heteroatoms. The summed E-state index contributed by atoms with van der Waals surface area (Å²) in [7, 11) is 0. The van der Waals surface area contributed by atoms with Crippen LogP contribution in [-0.4, -0.2) is 87.1 Å². The molecule has 3 aromatic rings. The van der Waals surface area contributed by atoms with Gasteiger partial charge in [0, 0.05) is 53.8 Å². The molecule has 2 aromatic heterocycles. The number of hydrogen-bond acceptors (Lipinski definition) is 8. The van der Waals surface area contributed by atoms with Crippen LogP contribution in [0, 0.1) is 20.8 Å². The second kappa shape index (κ2) is 12.8. The zero-order valence-electron chi connectivity index (χ0n) is 25.7. The summed E-state index contributed by atoms with van der Waals surface area (Å²) in [6, 6.07) is 7.18. The monoisotopic (exact) mass is 625 g/mol. The summed E-state index contributed by atoms with van der Waals surface area (Å²) in [5, 5.41) is 13.6. The number of nitrogens with one attached hydrogen (secondary N) is 1. The topological polar surface area (TPSA) is 105 Å². The van der Waals surface area contributed by atoms with Crippen molar-refractivity contribution in [2.24, 2.45) is 4.99 Å². The number of fused-ring (bicyclic) bond motifs is 3. The van der Waals surface area contributed by atoms with E-state index in [9.17, 15) is 9.59 Å². The van der Waals surface area contributed by atoms with Gasteiger partial charge in [0.2, 0.25) is 5.91 Å². The number of aryl methyl sites for hydroxylation is 2. The molecular weight excluding hydrogens is 586 g/mol. The Bertz CT molecular complexity index is 1520. The van der Waals surface area contributed by atoms with Crippen molar-refractivity contribution in [3.63, 3.8) is 0 Å². The number of rotatable bonds is 7. The molecule has 5 rings (SSSR count). The number of aromatic nitrogens is 3. The molecule has 1 unspecified atom stereocenters. The Morgan fingerprint density at radius 2 is 1.77 bits per heavy atom. The number of nitrogens with zero attached hydrogens (tertiary/aromatic N) is 6. The van der Waals surface area contributed by atoms with Gasteiger partial charge in [-0.15, -0.1) is 21.5 Å². The van der Waals surface area contributed by atoms with Crippen molar-refractivity contribution in [2.75, 3.05) is 39.3 Å². The predicted octanol–water partition coefficient (Wildman–Crippen LogP) is 5.25. The lowest BCUT2D eigenvalue weighted by molar-refractivity contribution is -0.121. The maximum atomic E-state index is 13.2. The molecule has 0 radical (unpaired) electrons. The number of carbonyl (C=O) groups excluding carboxylic acids is 2. The highest BCUT2D eigenvalue weighted by Crippen LogP contribution is 2.39. The van der Waals surface area contributed by atoms with E-state index in [1.54, 1.807) is 16.2 Å². The summed E-state index contributed by atoms with van der Waals surface area (Å²) < 4.78 is 7.55. The number of amides is 2. The zero-order valence-corrected chi connectivity index (χ0v) is 27.3. The highest BCUT2D eigenvalue weighted by atomic mass is 35.5. The largest absolute Gasteiger partial charge is 0.444 e. The first kappa shape index (κ1) is 31.2. The Labute approximate surface area is 262 Å². The van der Waals surface area contributed by atoms with E-state index in [1.165, 1.54) is 4.88 Å². The van der Waals surface area contributed by atoms with Crippen LogP contribution < -0.4 is 5.32 Å². The van der Waals surface area contributed by atoms with Crippen molar-refractivity contribution >= 4 is 40.6 Å². The zero-order chi connectivity index (χ0) is 30.9. The molecule has 1 saturated heterocycles. The second-order valence-corrected chi connectivity index (χ2v) is 13.8. The van der Waals surface area contributed by atoms with Gasteiger partial charge >= 0.3 is 6.09 Å². The van der Waals surface area contributed by atoms with E-state index >= 15 is 0 Å². The number of ether oxygens (including phenoxy) is 1. The standard InChI is InChI=1S/C31H40ClN7O3S/c1-19-20(2)43-29-26(19)27(22-8-10-23(32)11-9-22)34-24(28-36-35-21(3)39(28)29)18-25(40)33-12-7-13-37-14-16-38(17-15-37)30(41)42-31(4,5)6/h8-11,24H,7,12-18H2,1-6H3,(H,33,40). The van der Waals surface area contributed by atoms with Gasteiger partial charge in [0.1, 0.15) is 22.5 Å². The lowest BCUT2D eigenvalue weighted by Gasteiger charge is -2.35. The first-order valence-electron chi connectivity index (χ1n) is 14.7. The SMILES string of the molecule is Cc1sc2c(c1C)C(c1ccc(Cl)cc1)=NC(CC(=O)NCCCN1CCN(C(=O)OC(C)(C)C)CC1)c1nnc(C)n1-2. The summed E-state index contributed by atoms with van der Waals surface area (Å²) in [5.74, 6) is 1.36. The van der Waals surface area contributed by atoms with Crippen molar-refractivity contribution in [2.45, 2.75) is 66.0 Å². The molecular formula is C31H40ClN7O3S. The van der Waals surface area contributed by atoms with Crippen LogP contribution in [0.1, 0.15) is 72.9 Å². The van der Waals surface area contributed by atoms with Crippen LogP contribution in [0.4, 0.5) is 4.79 Å². The molecule has 10 nitrogen and oxygen atoms in total. The minimum absolute atomic E-state index is 0.0793. The Kier molecular flexibility index (Phi) is 9.24. The van der Waals surface area contributed by atoms with Crippen LogP contribution in [-0.2, 0) is 9.53 Å². The van der Waals surface area contributed by atoms with E-state index in [0.717, 1.165) is 59.3 Å². The molecule has 1 atom stereocenters. The van der Waals surface area contributed by atoms with Crippen molar-refractivity contribution in [3.8, 4) is 5.00 Å². The second-order valence-electron chi connectivity index (χ2n) is 12.1. The number of benzene rings is 1. The lowest BCUT2D eigenvalue weighted by atomic mass is 9.99. The van der Waals surface area contributed by atoms with Gasteiger partial charge < -0.3 is 15.0 Å². The molecule has 0 saturated carbocycles. The van der Waals surface area contributed by atoms with Crippen LogP contribution in [0.2, 0.25) is 5.02 Å². The van der Waals surface area contributed by atoms with Crippen LogP contribution in [0.5, 0.6) is 0 Å². The highest BCUT2D eigenvalue weighted by Gasteiger charge is 2.32. The molecule has 4 heterocycles. The average molecular weight is 626 g/mol. The van der Waals surface area contributed by atoms with Crippen LogP contribution in [0.15, 0.2) is 29.3 Å². The maximum absolute atomic E-state index is 13.2. The molecule has 230 valence electrons. The third-order valence-corrected chi connectivity index (χ3v) is 9.18. The molecule has 1 N–H and O–H groups in total. The Morgan fingerprint density at radius 3 is 2.44 bits per heavy atom. The summed E-state index contributed by atoms with van der Waals surface area (Å²) in [6.07, 6.45) is 0.718.